The van der Waals surface area contributed by atoms with Crippen molar-refractivity contribution >= 4 is 11.3 Å². The molecule has 0 fully saturated rings. The Bertz CT molecular complexity index is 184. The summed E-state index contributed by atoms with van der Waals surface area (Å²) in [5.74, 6) is 0.153. The van der Waals surface area contributed by atoms with Crippen molar-refractivity contribution in [3.05, 3.63) is 22.4 Å². The van der Waals surface area contributed by atoms with Crippen molar-refractivity contribution in [2.24, 2.45) is 0 Å². The van der Waals surface area contributed by atoms with Gasteiger partial charge in [0, 0.05) is 17.9 Å². The van der Waals surface area contributed by atoms with E-state index in [-0.39, 0.29) is 12.5 Å². The molecule has 11 heavy (non-hydrogen) atoms. The fourth-order valence-electron chi connectivity index (χ4n) is 0.950. The van der Waals surface area contributed by atoms with E-state index in [0.717, 1.165) is 0 Å². The van der Waals surface area contributed by atoms with Crippen molar-refractivity contribution in [2.75, 3.05) is 20.3 Å². The zero-order valence-electron chi connectivity index (χ0n) is 6.49. The molecule has 0 aliphatic heterocycles. The molecule has 0 aliphatic carbocycles. The summed E-state index contributed by atoms with van der Waals surface area (Å²) in [7, 11) is 1.65. The average molecular weight is 172 g/mol. The third-order valence-corrected chi connectivity index (χ3v) is 2.57. The Morgan fingerprint density at radius 1 is 1.73 bits per heavy atom. The highest BCUT2D eigenvalue weighted by atomic mass is 32.1. The number of aliphatic hydroxyl groups is 1. The molecular formula is C8H12O2S. The third-order valence-electron chi connectivity index (χ3n) is 1.53. The second kappa shape index (κ2) is 4.49. The molecule has 0 aromatic carbocycles. The molecule has 0 saturated carbocycles. The predicted octanol–water partition coefficient (Wildman–Crippen LogP) is 1.47. The molecule has 0 saturated heterocycles. The van der Waals surface area contributed by atoms with Gasteiger partial charge < -0.3 is 9.84 Å². The Morgan fingerprint density at radius 2 is 2.55 bits per heavy atom. The number of ether oxygens (including phenoxy) is 1. The lowest BCUT2D eigenvalue weighted by atomic mass is 10.1. The molecule has 1 rings (SSSR count). The summed E-state index contributed by atoms with van der Waals surface area (Å²) in [6, 6.07) is 4.00. The second-order valence-electron chi connectivity index (χ2n) is 2.35. The first-order valence-electron chi connectivity index (χ1n) is 3.51. The van der Waals surface area contributed by atoms with Crippen molar-refractivity contribution < 1.29 is 9.84 Å². The molecule has 62 valence electrons. The SMILES string of the molecule is COCC(CO)c1cccs1. The van der Waals surface area contributed by atoms with E-state index in [1.807, 2.05) is 17.5 Å². The maximum atomic E-state index is 8.96. The third kappa shape index (κ3) is 2.29. The molecule has 1 N–H and O–H groups in total. The Morgan fingerprint density at radius 3 is 3.00 bits per heavy atom. The standard InChI is InChI=1S/C8H12O2S/c1-10-6-7(5-9)8-3-2-4-11-8/h2-4,7,9H,5-6H2,1H3. The van der Waals surface area contributed by atoms with Gasteiger partial charge in [0.15, 0.2) is 0 Å². The van der Waals surface area contributed by atoms with Crippen LogP contribution in [0.1, 0.15) is 10.8 Å². The Labute approximate surface area is 70.4 Å². The summed E-state index contributed by atoms with van der Waals surface area (Å²) in [6.45, 7) is 0.755. The van der Waals surface area contributed by atoms with E-state index in [1.54, 1.807) is 18.4 Å². The van der Waals surface area contributed by atoms with Crippen LogP contribution < -0.4 is 0 Å². The minimum Gasteiger partial charge on any atom is -0.396 e. The van der Waals surface area contributed by atoms with Crippen LogP contribution in [0.5, 0.6) is 0 Å². The van der Waals surface area contributed by atoms with Crippen molar-refractivity contribution in [1.29, 1.82) is 0 Å². The largest absolute Gasteiger partial charge is 0.396 e. The fraction of sp³-hybridized carbons (Fsp3) is 0.500. The van der Waals surface area contributed by atoms with Gasteiger partial charge in [-0.1, -0.05) is 6.07 Å². The van der Waals surface area contributed by atoms with Gasteiger partial charge in [-0.25, -0.2) is 0 Å². The number of thiophene rings is 1. The van der Waals surface area contributed by atoms with Crippen LogP contribution >= 0.6 is 11.3 Å². The summed E-state index contributed by atoms with van der Waals surface area (Å²) < 4.78 is 4.97. The van der Waals surface area contributed by atoms with Gasteiger partial charge in [-0.3, -0.25) is 0 Å². The van der Waals surface area contributed by atoms with Crippen molar-refractivity contribution in [3.63, 3.8) is 0 Å². The molecule has 0 amide bonds. The quantitative estimate of drug-likeness (QED) is 0.745. The normalized spacial score (nSPS) is 13.3. The van der Waals surface area contributed by atoms with Gasteiger partial charge in [0.2, 0.25) is 0 Å². The summed E-state index contributed by atoms with van der Waals surface area (Å²) in [5, 5.41) is 11.0. The van der Waals surface area contributed by atoms with E-state index in [9.17, 15) is 0 Å². The summed E-state index contributed by atoms with van der Waals surface area (Å²) in [5.41, 5.74) is 0. The van der Waals surface area contributed by atoms with Crippen molar-refractivity contribution in [2.45, 2.75) is 5.92 Å². The van der Waals surface area contributed by atoms with Gasteiger partial charge in [0.25, 0.3) is 0 Å². The molecule has 1 aromatic rings. The average Bonchev–Trinajstić information content (AvgIpc) is 2.52. The highest BCUT2D eigenvalue weighted by Crippen LogP contribution is 2.20. The van der Waals surface area contributed by atoms with Gasteiger partial charge in [-0.05, 0) is 11.4 Å². The van der Waals surface area contributed by atoms with E-state index >= 15 is 0 Å². The van der Waals surface area contributed by atoms with E-state index in [4.69, 9.17) is 9.84 Å². The van der Waals surface area contributed by atoms with Crippen LogP contribution in [-0.2, 0) is 4.74 Å². The number of hydrogen-bond acceptors (Lipinski definition) is 3. The topological polar surface area (TPSA) is 29.5 Å². The molecule has 0 bridgehead atoms. The lowest BCUT2D eigenvalue weighted by Crippen LogP contribution is -2.08. The molecule has 3 heteroatoms. The van der Waals surface area contributed by atoms with E-state index in [2.05, 4.69) is 0 Å². The van der Waals surface area contributed by atoms with Gasteiger partial charge in [0.05, 0.1) is 13.2 Å². The lowest BCUT2D eigenvalue weighted by Gasteiger charge is -2.09. The maximum Gasteiger partial charge on any atom is 0.0561 e. The Balaban J connectivity index is 2.56. The van der Waals surface area contributed by atoms with Gasteiger partial charge in [-0.2, -0.15) is 0 Å². The van der Waals surface area contributed by atoms with Gasteiger partial charge in [-0.15, -0.1) is 11.3 Å². The van der Waals surface area contributed by atoms with Crippen LogP contribution in [0.25, 0.3) is 0 Å². The highest BCUT2D eigenvalue weighted by Gasteiger charge is 2.09. The van der Waals surface area contributed by atoms with Crippen LogP contribution in [-0.4, -0.2) is 25.4 Å². The van der Waals surface area contributed by atoms with Crippen LogP contribution in [0, 0.1) is 0 Å². The fourth-order valence-corrected chi connectivity index (χ4v) is 1.76. The van der Waals surface area contributed by atoms with E-state index in [1.165, 1.54) is 4.88 Å². The predicted molar refractivity (Wildman–Crippen MR) is 46.0 cm³/mol. The smallest absolute Gasteiger partial charge is 0.0561 e. The summed E-state index contributed by atoms with van der Waals surface area (Å²) in [6.07, 6.45) is 0. The van der Waals surface area contributed by atoms with Crippen LogP contribution in [0.15, 0.2) is 17.5 Å². The summed E-state index contributed by atoms with van der Waals surface area (Å²) in [4.78, 5) is 1.19. The van der Waals surface area contributed by atoms with Crippen LogP contribution in [0.4, 0.5) is 0 Å². The van der Waals surface area contributed by atoms with Gasteiger partial charge in [0.1, 0.15) is 0 Å². The zero-order valence-corrected chi connectivity index (χ0v) is 7.30. The minimum absolute atomic E-state index is 0.153. The van der Waals surface area contributed by atoms with Crippen LogP contribution in [0.3, 0.4) is 0 Å². The van der Waals surface area contributed by atoms with E-state index < -0.39 is 0 Å². The maximum absolute atomic E-state index is 8.96. The van der Waals surface area contributed by atoms with Crippen LogP contribution in [0.2, 0.25) is 0 Å². The molecule has 0 radical (unpaired) electrons. The molecule has 2 nitrogen and oxygen atoms in total. The van der Waals surface area contributed by atoms with Crippen molar-refractivity contribution in [1.82, 2.24) is 0 Å². The minimum atomic E-state index is 0.153. The number of methoxy groups -OCH3 is 1. The second-order valence-corrected chi connectivity index (χ2v) is 3.33. The number of hydrogen-bond donors (Lipinski definition) is 1. The number of rotatable bonds is 4. The zero-order chi connectivity index (χ0) is 8.10. The van der Waals surface area contributed by atoms with Crippen molar-refractivity contribution in [3.8, 4) is 0 Å². The molecule has 1 aromatic heterocycles. The Hall–Kier alpha value is -0.380. The number of aliphatic hydroxyl groups excluding tert-OH is 1. The monoisotopic (exact) mass is 172 g/mol. The molecule has 0 spiro atoms. The first kappa shape index (κ1) is 8.71. The lowest BCUT2D eigenvalue weighted by molar-refractivity contribution is 0.145. The first-order chi connectivity index (χ1) is 5.38. The molecular weight excluding hydrogens is 160 g/mol. The molecule has 1 heterocycles. The molecule has 1 unspecified atom stereocenters. The highest BCUT2D eigenvalue weighted by molar-refractivity contribution is 7.10. The Kier molecular flexibility index (Phi) is 3.56. The van der Waals surface area contributed by atoms with E-state index in [0.29, 0.717) is 6.61 Å². The summed E-state index contributed by atoms with van der Waals surface area (Å²) >= 11 is 1.66. The molecule has 1 atom stereocenters. The van der Waals surface area contributed by atoms with Gasteiger partial charge >= 0.3 is 0 Å². The first-order valence-corrected chi connectivity index (χ1v) is 4.39. The molecule has 0 aliphatic rings.